The Morgan fingerprint density at radius 1 is 1.15 bits per heavy atom. The van der Waals surface area contributed by atoms with Crippen LogP contribution in [0.3, 0.4) is 0 Å². The smallest absolute Gasteiger partial charge is 0.387 e. The van der Waals surface area contributed by atoms with Crippen LogP contribution in [-0.4, -0.2) is 25.9 Å². The first kappa shape index (κ1) is 18.8. The van der Waals surface area contributed by atoms with Crippen molar-refractivity contribution in [2.24, 2.45) is 0 Å². The molecule has 2 amide bonds. The number of hydrogen-bond donors (Lipinski definition) is 2. The molecule has 1 atom stereocenters. The minimum absolute atomic E-state index is 0.0407. The standard InChI is InChI=1S/C19H20F2N2O4/c1-2-14(13-5-3-4-6-15(13)27-18(20)21)23-19(24)22-12-7-8-16-17(11-12)26-10-9-25-16/h3-8,11,14,18H,2,9-10H2,1H3,(H2,22,23,24). The lowest BCUT2D eigenvalue weighted by molar-refractivity contribution is -0.0506. The van der Waals surface area contributed by atoms with Gasteiger partial charge in [-0.1, -0.05) is 25.1 Å². The molecule has 0 fully saturated rings. The van der Waals surface area contributed by atoms with Gasteiger partial charge in [0.2, 0.25) is 0 Å². The molecule has 144 valence electrons. The molecule has 1 aliphatic rings. The summed E-state index contributed by atoms with van der Waals surface area (Å²) in [6, 6.07) is 10.5. The quantitative estimate of drug-likeness (QED) is 0.785. The summed E-state index contributed by atoms with van der Waals surface area (Å²) in [5, 5.41) is 5.49. The van der Waals surface area contributed by atoms with Gasteiger partial charge >= 0.3 is 12.6 Å². The third-order valence-corrected chi connectivity index (χ3v) is 4.02. The van der Waals surface area contributed by atoms with Crippen molar-refractivity contribution in [3.63, 3.8) is 0 Å². The van der Waals surface area contributed by atoms with Crippen LogP contribution in [0.25, 0.3) is 0 Å². The highest BCUT2D eigenvalue weighted by Gasteiger charge is 2.19. The fourth-order valence-corrected chi connectivity index (χ4v) is 2.82. The Balaban J connectivity index is 1.69. The second kappa shape index (κ2) is 8.57. The van der Waals surface area contributed by atoms with Gasteiger partial charge in [-0.2, -0.15) is 8.78 Å². The maximum atomic E-state index is 12.6. The summed E-state index contributed by atoms with van der Waals surface area (Å²) in [6.45, 7) is -0.163. The van der Waals surface area contributed by atoms with Gasteiger partial charge in [0, 0.05) is 17.3 Å². The minimum Gasteiger partial charge on any atom is -0.486 e. The number of ether oxygens (including phenoxy) is 3. The molecule has 2 N–H and O–H groups in total. The molecule has 6 nitrogen and oxygen atoms in total. The lowest BCUT2D eigenvalue weighted by Crippen LogP contribution is -2.32. The number of amides is 2. The second-order valence-electron chi connectivity index (χ2n) is 5.83. The van der Waals surface area contributed by atoms with Gasteiger partial charge < -0.3 is 24.8 Å². The Bertz CT molecular complexity index is 801. The van der Waals surface area contributed by atoms with Crippen molar-refractivity contribution in [2.45, 2.75) is 26.0 Å². The van der Waals surface area contributed by atoms with E-state index in [2.05, 4.69) is 15.4 Å². The van der Waals surface area contributed by atoms with E-state index in [-0.39, 0.29) is 5.75 Å². The van der Waals surface area contributed by atoms with Crippen LogP contribution in [0.1, 0.15) is 24.9 Å². The number of benzene rings is 2. The van der Waals surface area contributed by atoms with Crippen LogP contribution in [0.15, 0.2) is 42.5 Å². The number of carbonyl (C=O) groups is 1. The van der Waals surface area contributed by atoms with Gasteiger partial charge in [0.1, 0.15) is 19.0 Å². The van der Waals surface area contributed by atoms with E-state index < -0.39 is 18.7 Å². The first-order chi connectivity index (χ1) is 13.1. The third-order valence-electron chi connectivity index (χ3n) is 4.02. The predicted octanol–water partition coefficient (Wildman–Crippen LogP) is 4.33. The Morgan fingerprint density at radius 3 is 2.63 bits per heavy atom. The molecular weight excluding hydrogens is 358 g/mol. The topological polar surface area (TPSA) is 68.8 Å². The van der Waals surface area contributed by atoms with Crippen LogP contribution in [0.5, 0.6) is 17.2 Å². The monoisotopic (exact) mass is 378 g/mol. The molecule has 0 bridgehead atoms. The number of anilines is 1. The number of urea groups is 1. The first-order valence-electron chi connectivity index (χ1n) is 8.57. The zero-order valence-corrected chi connectivity index (χ0v) is 14.7. The number of fused-ring (bicyclic) bond motifs is 1. The molecule has 1 aliphatic heterocycles. The lowest BCUT2D eigenvalue weighted by atomic mass is 10.0. The van der Waals surface area contributed by atoms with E-state index in [9.17, 15) is 13.6 Å². The molecule has 1 heterocycles. The van der Waals surface area contributed by atoms with Crippen molar-refractivity contribution in [3.8, 4) is 17.2 Å². The average Bonchev–Trinajstić information content (AvgIpc) is 2.66. The maximum Gasteiger partial charge on any atom is 0.387 e. The maximum absolute atomic E-state index is 12.6. The molecular formula is C19H20F2N2O4. The van der Waals surface area contributed by atoms with E-state index in [1.54, 1.807) is 36.4 Å². The Morgan fingerprint density at radius 2 is 1.89 bits per heavy atom. The zero-order valence-electron chi connectivity index (χ0n) is 14.7. The number of carbonyl (C=O) groups excluding carboxylic acids is 1. The Labute approximate surface area is 155 Å². The summed E-state index contributed by atoms with van der Waals surface area (Å²) in [7, 11) is 0. The summed E-state index contributed by atoms with van der Waals surface area (Å²) >= 11 is 0. The van der Waals surface area contributed by atoms with E-state index >= 15 is 0 Å². The van der Waals surface area contributed by atoms with Gasteiger partial charge in [-0.15, -0.1) is 0 Å². The second-order valence-corrected chi connectivity index (χ2v) is 5.83. The predicted molar refractivity (Wildman–Crippen MR) is 95.7 cm³/mol. The van der Waals surface area contributed by atoms with Crippen LogP contribution in [0, 0.1) is 0 Å². The minimum atomic E-state index is -2.94. The number of alkyl halides is 2. The van der Waals surface area contributed by atoms with Crippen molar-refractivity contribution in [2.75, 3.05) is 18.5 Å². The summed E-state index contributed by atoms with van der Waals surface area (Å²) in [6.07, 6.45) is 0.498. The van der Waals surface area contributed by atoms with Crippen LogP contribution < -0.4 is 24.8 Å². The van der Waals surface area contributed by atoms with Crippen LogP contribution in [-0.2, 0) is 0 Å². The molecule has 0 spiro atoms. The molecule has 0 radical (unpaired) electrons. The highest BCUT2D eigenvalue weighted by Crippen LogP contribution is 2.33. The van der Waals surface area contributed by atoms with Gasteiger partial charge in [0.25, 0.3) is 0 Å². The van der Waals surface area contributed by atoms with Gasteiger partial charge in [-0.25, -0.2) is 4.79 Å². The van der Waals surface area contributed by atoms with Crippen LogP contribution >= 0.6 is 0 Å². The van der Waals surface area contributed by atoms with Crippen molar-refractivity contribution in [3.05, 3.63) is 48.0 Å². The summed E-state index contributed by atoms with van der Waals surface area (Å²) in [5.74, 6) is 1.22. The first-order valence-corrected chi connectivity index (χ1v) is 8.57. The molecule has 8 heteroatoms. The Kier molecular flexibility index (Phi) is 5.95. The summed E-state index contributed by atoms with van der Waals surface area (Å²) in [5.41, 5.74) is 1.02. The highest BCUT2D eigenvalue weighted by atomic mass is 19.3. The number of para-hydroxylation sites is 1. The largest absolute Gasteiger partial charge is 0.486 e. The van der Waals surface area contributed by atoms with Gasteiger partial charge in [0.05, 0.1) is 6.04 Å². The van der Waals surface area contributed by atoms with Crippen molar-refractivity contribution >= 4 is 11.7 Å². The number of halogens is 2. The van der Waals surface area contributed by atoms with Crippen molar-refractivity contribution in [1.82, 2.24) is 5.32 Å². The van der Waals surface area contributed by atoms with E-state index in [1.807, 2.05) is 6.92 Å². The number of hydrogen-bond acceptors (Lipinski definition) is 4. The molecule has 1 unspecified atom stereocenters. The van der Waals surface area contributed by atoms with Crippen LogP contribution in [0.2, 0.25) is 0 Å². The van der Waals surface area contributed by atoms with E-state index in [0.29, 0.717) is 42.4 Å². The van der Waals surface area contributed by atoms with Crippen molar-refractivity contribution < 1.29 is 27.8 Å². The Hall–Kier alpha value is -3.03. The van der Waals surface area contributed by atoms with Gasteiger partial charge in [0.15, 0.2) is 11.5 Å². The molecule has 0 aliphatic carbocycles. The molecule has 3 rings (SSSR count). The molecule has 2 aromatic rings. The van der Waals surface area contributed by atoms with E-state index in [4.69, 9.17) is 9.47 Å². The van der Waals surface area contributed by atoms with E-state index in [0.717, 1.165) is 0 Å². The van der Waals surface area contributed by atoms with Crippen LogP contribution in [0.4, 0.5) is 19.3 Å². The fourth-order valence-electron chi connectivity index (χ4n) is 2.82. The number of rotatable bonds is 6. The molecule has 27 heavy (non-hydrogen) atoms. The fraction of sp³-hybridized carbons (Fsp3) is 0.316. The highest BCUT2D eigenvalue weighted by molar-refractivity contribution is 5.90. The SMILES string of the molecule is CCC(NC(=O)Nc1ccc2c(c1)OCCO2)c1ccccc1OC(F)F. The number of nitrogens with one attached hydrogen (secondary N) is 2. The molecule has 0 aromatic heterocycles. The third kappa shape index (κ3) is 4.78. The van der Waals surface area contributed by atoms with Crippen molar-refractivity contribution in [1.29, 1.82) is 0 Å². The van der Waals surface area contributed by atoms with Gasteiger partial charge in [-0.3, -0.25) is 0 Å². The molecule has 0 saturated heterocycles. The summed E-state index contributed by atoms with van der Waals surface area (Å²) in [4.78, 5) is 12.4. The lowest BCUT2D eigenvalue weighted by Gasteiger charge is -2.21. The normalized spacial score (nSPS) is 13.8. The average molecular weight is 378 g/mol. The molecule has 0 saturated carbocycles. The molecule has 2 aromatic carbocycles. The van der Waals surface area contributed by atoms with E-state index in [1.165, 1.54) is 6.07 Å². The zero-order chi connectivity index (χ0) is 19.2. The summed E-state index contributed by atoms with van der Waals surface area (Å²) < 4.78 is 40.7. The van der Waals surface area contributed by atoms with Gasteiger partial charge in [-0.05, 0) is 24.6 Å².